The molecule has 0 aromatic heterocycles. The van der Waals surface area contributed by atoms with Crippen LogP contribution in [-0.2, 0) is 9.59 Å². The molecule has 0 aliphatic carbocycles. The molecule has 0 unspecified atom stereocenters. The lowest BCUT2D eigenvalue weighted by atomic mass is 9.92. The lowest BCUT2D eigenvalue weighted by Crippen LogP contribution is -2.51. The molecule has 1 saturated heterocycles. The van der Waals surface area contributed by atoms with Gasteiger partial charge in [0.15, 0.2) is 12.2 Å². The van der Waals surface area contributed by atoms with Gasteiger partial charge in [-0.25, -0.2) is 4.79 Å². The van der Waals surface area contributed by atoms with Crippen molar-refractivity contribution >= 4 is 11.9 Å². The first-order valence-corrected chi connectivity index (χ1v) is 7.54. The van der Waals surface area contributed by atoms with Crippen LogP contribution in [-0.4, -0.2) is 58.9 Å². The Morgan fingerprint density at radius 1 is 1.13 bits per heavy atom. The molecular formula is C16H21NO6. The number of carboxylic acid groups (broad SMARTS) is 1. The highest BCUT2D eigenvalue weighted by Gasteiger charge is 2.40. The van der Waals surface area contributed by atoms with Gasteiger partial charge in [0.1, 0.15) is 11.5 Å². The quantitative estimate of drug-likeness (QED) is 0.807. The van der Waals surface area contributed by atoms with Gasteiger partial charge in [0.05, 0.1) is 6.61 Å². The molecule has 1 fully saturated rings. The average Bonchev–Trinajstić information content (AvgIpc) is 2.55. The first kappa shape index (κ1) is 17.1. The van der Waals surface area contributed by atoms with E-state index in [9.17, 15) is 14.7 Å². The van der Waals surface area contributed by atoms with Crippen molar-refractivity contribution in [1.82, 2.24) is 4.90 Å². The van der Waals surface area contributed by atoms with Crippen molar-refractivity contribution in [2.24, 2.45) is 0 Å². The molecule has 1 aliphatic heterocycles. The molecule has 0 saturated carbocycles. The van der Waals surface area contributed by atoms with Crippen LogP contribution in [0.5, 0.6) is 11.5 Å². The summed E-state index contributed by atoms with van der Waals surface area (Å²) in [6, 6.07) is 6.96. The Bertz CT molecular complexity index is 548. The molecule has 0 atom stereocenters. The third kappa shape index (κ3) is 4.35. The van der Waals surface area contributed by atoms with Gasteiger partial charge in [-0.1, -0.05) is 0 Å². The molecule has 1 heterocycles. The maximum Gasteiger partial charge on any atom is 0.335 e. The minimum atomic E-state index is -1.73. The summed E-state index contributed by atoms with van der Waals surface area (Å²) in [5.41, 5.74) is -1.73. The third-order valence-corrected chi connectivity index (χ3v) is 3.84. The Hall–Kier alpha value is -2.28. The Morgan fingerprint density at radius 2 is 1.65 bits per heavy atom. The standard InChI is InChI=1S/C16H21NO6/c1-2-22-12-3-5-13(6-4-12)23-11-14(18)17-9-7-16(21,8-10-17)15(19)20/h3-6,21H,2,7-11H2,1H3,(H,19,20). The van der Waals surface area contributed by atoms with Gasteiger partial charge in [-0.2, -0.15) is 0 Å². The van der Waals surface area contributed by atoms with Gasteiger partial charge in [-0.15, -0.1) is 0 Å². The second-order valence-corrected chi connectivity index (χ2v) is 5.41. The summed E-state index contributed by atoms with van der Waals surface area (Å²) in [6.07, 6.45) is 0.0499. The number of hydrogen-bond donors (Lipinski definition) is 2. The van der Waals surface area contributed by atoms with E-state index in [0.29, 0.717) is 12.4 Å². The lowest BCUT2D eigenvalue weighted by molar-refractivity contribution is -0.165. The van der Waals surface area contributed by atoms with Crippen molar-refractivity contribution in [2.45, 2.75) is 25.4 Å². The SMILES string of the molecule is CCOc1ccc(OCC(=O)N2CCC(O)(C(=O)O)CC2)cc1. The number of amides is 1. The van der Waals surface area contributed by atoms with Crippen LogP contribution in [0.1, 0.15) is 19.8 Å². The van der Waals surface area contributed by atoms with E-state index in [1.807, 2.05) is 6.92 Å². The Balaban J connectivity index is 1.80. The highest BCUT2D eigenvalue weighted by molar-refractivity contribution is 5.80. The number of ether oxygens (including phenoxy) is 2. The zero-order valence-electron chi connectivity index (χ0n) is 13.0. The predicted octanol–water partition coefficient (Wildman–Crippen LogP) is 0.902. The summed E-state index contributed by atoms with van der Waals surface area (Å²) in [7, 11) is 0. The fraction of sp³-hybridized carbons (Fsp3) is 0.500. The average molecular weight is 323 g/mol. The highest BCUT2D eigenvalue weighted by Crippen LogP contribution is 2.23. The van der Waals surface area contributed by atoms with Crippen LogP contribution in [0.25, 0.3) is 0 Å². The molecule has 126 valence electrons. The monoisotopic (exact) mass is 323 g/mol. The summed E-state index contributed by atoms with van der Waals surface area (Å²) in [6.45, 7) is 2.76. The predicted molar refractivity (Wildman–Crippen MR) is 81.5 cm³/mol. The molecule has 0 radical (unpaired) electrons. The number of aliphatic hydroxyl groups is 1. The van der Waals surface area contributed by atoms with E-state index in [2.05, 4.69) is 0 Å². The second-order valence-electron chi connectivity index (χ2n) is 5.41. The first-order valence-electron chi connectivity index (χ1n) is 7.54. The van der Waals surface area contributed by atoms with Crippen molar-refractivity contribution in [2.75, 3.05) is 26.3 Å². The number of piperidine rings is 1. The van der Waals surface area contributed by atoms with E-state index < -0.39 is 11.6 Å². The van der Waals surface area contributed by atoms with Crippen LogP contribution >= 0.6 is 0 Å². The first-order chi connectivity index (χ1) is 10.9. The molecule has 2 rings (SSSR count). The summed E-state index contributed by atoms with van der Waals surface area (Å²) in [4.78, 5) is 24.5. The molecule has 0 bridgehead atoms. The molecule has 1 amide bonds. The molecule has 23 heavy (non-hydrogen) atoms. The topological polar surface area (TPSA) is 96.3 Å². The van der Waals surface area contributed by atoms with Crippen molar-refractivity contribution in [3.63, 3.8) is 0 Å². The summed E-state index contributed by atoms with van der Waals surface area (Å²) in [5, 5.41) is 18.8. The van der Waals surface area contributed by atoms with Crippen LogP contribution in [0.2, 0.25) is 0 Å². The number of hydrogen-bond acceptors (Lipinski definition) is 5. The smallest absolute Gasteiger partial charge is 0.335 e. The number of rotatable bonds is 6. The van der Waals surface area contributed by atoms with E-state index >= 15 is 0 Å². The Labute approximate surface area is 134 Å². The maximum absolute atomic E-state index is 12.1. The summed E-state index contributed by atoms with van der Waals surface area (Å²) in [5.74, 6) is -0.183. The number of carbonyl (C=O) groups is 2. The number of aliphatic carboxylic acids is 1. The zero-order valence-corrected chi connectivity index (χ0v) is 13.0. The van der Waals surface area contributed by atoms with Gasteiger partial charge in [0.2, 0.25) is 0 Å². The third-order valence-electron chi connectivity index (χ3n) is 3.84. The Kier molecular flexibility index (Phi) is 5.44. The van der Waals surface area contributed by atoms with Crippen molar-refractivity contribution in [1.29, 1.82) is 0 Å². The molecule has 7 nitrogen and oxygen atoms in total. The minimum absolute atomic E-state index is 0.0249. The molecule has 1 aromatic rings. The van der Waals surface area contributed by atoms with Gasteiger partial charge in [-0.05, 0) is 31.2 Å². The van der Waals surface area contributed by atoms with Crippen LogP contribution in [0.15, 0.2) is 24.3 Å². The highest BCUT2D eigenvalue weighted by atomic mass is 16.5. The Morgan fingerprint density at radius 3 is 2.13 bits per heavy atom. The van der Waals surface area contributed by atoms with Gasteiger partial charge in [0.25, 0.3) is 5.91 Å². The number of likely N-dealkylation sites (tertiary alicyclic amines) is 1. The fourth-order valence-electron chi connectivity index (χ4n) is 2.38. The zero-order chi connectivity index (χ0) is 16.9. The normalized spacial score (nSPS) is 16.7. The van der Waals surface area contributed by atoms with E-state index in [1.54, 1.807) is 24.3 Å². The van der Waals surface area contributed by atoms with Crippen LogP contribution in [0.3, 0.4) is 0 Å². The van der Waals surface area contributed by atoms with Crippen LogP contribution < -0.4 is 9.47 Å². The number of carbonyl (C=O) groups excluding carboxylic acids is 1. The second kappa shape index (κ2) is 7.32. The van der Waals surface area contributed by atoms with Gasteiger partial charge >= 0.3 is 5.97 Å². The van der Waals surface area contributed by atoms with Crippen LogP contribution in [0.4, 0.5) is 0 Å². The van der Waals surface area contributed by atoms with Gasteiger partial charge in [0, 0.05) is 25.9 Å². The van der Waals surface area contributed by atoms with Gasteiger partial charge in [-0.3, -0.25) is 4.79 Å². The largest absolute Gasteiger partial charge is 0.494 e. The van der Waals surface area contributed by atoms with Crippen molar-refractivity contribution in [3.05, 3.63) is 24.3 Å². The summed E-state index contributed by atoms with van der Waals surface area (Å²) < 4.78 is 10.7. The number of carboxylic acids is 1. The van der Waals surface area contributed by atoms with Crippen molar-refractivity contribution in [3.8, 4) is 11.5 Å². The minimum Gasteiger partial charge on any atom is -0.494 e. The van der Waals surface area contributed by atoms with Gasteiger partial charge < -0.3 is 24.6 Å². The van der Waals surface area contributed by atoms with E-state index in [-0.39, 0.29) is 38.4 Å². The van der Waals surface area contributed by atoms with Crippen molar-refractivity contribution < 1.29 is 29.3 Å². The molecule has 7 heteroatoms. The van der Waals surface area contributed by atoms with E-state index in [1.165, 1.54) is 4.90 Å². The molecule has 1 aromatic carbocycles. The fourth-order valence-corrected chi connectivity index (χ4v) is 2.38. The van der Waals surface area contributed by atoms with Crippen LogP contribution in [0, 0.1) is 0 Å². The van der Waals surface area contributed by atoms with E-state index in [4.69, 9.17) is 14.6 Å². The molecular weight excluding hydrogens is 302 g/mol. The van der Waals surface area contributed by atoms with E-state index in [0.717, 1.165) is 5.75 Å². The number of nitrogens with zero attached hydrogens (tertiary/aromatic N) is 1. The molecule has 0 spiro atoms. The molecule has 1 aliphatic rings. The maximum atomic E-state index is 12.1. The lowest BCUT2D eigenvalue weighted by Gasteiger charge is -2.35. The molecule has 2 N–H and O–H groups in total. The summed E-state index contributed by atoms with van der Waals surface area (Å²) >= 11 is 0. The number of benzene rings is 1.